The SMILES string of the molecule is CCCNC(CCCc1cccs1)c1cccc(Cl)c1Cl. The highest BCUT2D eigenvalue weighted by atomic mass is 35.5. The maximum atomic E-state index is 6.38. The second kappa shape index (κ2) is 8.79. The van der Waals surface area contributed by atoms with Gasteiger partial charge in [-0.3, -0.25) is 0 Å². The fraction of sp³-hybridized carbons (Fsp3) is 0.412. The van der Waals surface area contributed by atoms with Gasteiger partial charge in [0.05, 0.1) is 10.0 Å². The summed E-state index contributed by atoms with van der Waals surface area (Å²) in [4.78, 5) is 1.45. The molecule has 4 heteroatoms. The third kappa shape index (κ3) is 5.00. The van der Waals surface area contributed by atoms with Gasteiger partial charge in [-0.25, -0.2) is 0 Å². The number of hydrogen-bond donors (Lipinski definition) is 1. The van der Waals surface area contributed by atoms with Crippen molar-refractivity contribution in [1.82, 2.24) is 5.32 Å². The predicted octanol–water partition coefficient (Wildman–Crippen LogP) is 6.12. The minimum atomic E-state index is 0.274. The third-order valence-corrected chi connectivity index (χ3v) is 5.26. The van der Waals surface area contributed by atoms with Crippen molar-refractivity contribution < 1.29 is 0 Å². The number of rotatable bonds is 8. The van der Waals surface area contributed by atoms with E-state index in [9.17, 15) is 0 Å². The summed E-state index contributed by atoms with van der Waals surface area (Å²) in [6.07, 6.45) is 4.45. The van der Waals surface area contributed by atoms with Gasteiger partial charge in [-0.05, 0) is 55.3 Å². The van der Waals surface area contributed by atoms with E-state index in [0.29, 0.717) is 10.0 Å². The van der Waals surface area contributed by atoms with E-state index in [4.69, 9.17) is 23.2 Å². The third-order valence-electron chi connectivity index (χ3n) is 3.49. The Balaban J connectivity index is 2.01. The molecule has 1 heterocycles. The summed E-state index contributed by atoms with van der Waals surface area (Å²) >= 11 is 14.4. The van der Waals surface area contributed by atoms with Gasteiger partial charge in [-0.2, -0.15) is 0 Å². The minimum Gasteiger partial charge on any atom is -0.310 e. The van der Waals surface area contributed by atoms with Gasteiger partial charge in [0.2, 0.25) is 0 Å². The van der Waals surface area contributed by atoms with Crippen LogP contribution in [0.4, 0.5) is 0 Å². The average Bonchev–Trinajstić information content (AvgIpc) is 2.99. The average molecular weight is 342 g/mol. The van der Waals surface area contributed by atoms with Crippen molar-refractivity contribution in [2.45, 2.75) is 38.6 Å². The smallest absolute Gasteiger partial charge is 0.0640 e. The van der Waals surface area contributed by atoms with Crippen LogP contribution in [0.2, 0.25) is 10.0 Å². The van der Waals surface area contributed by atoms with Gasteiger partial charge < -0.3 is 5.32 Å². The second-order valence-corrected chi connectivity index (χ2v) is 6.94. The molecule has 1 aromatic heterocycles. The zero-order valence-electron chi connectivity index (χ0n) is 12.2. The Kier molecular flexibility index (Phi) is 7.05. The van der Waals surface area contributed by atoms with Crippen LogP contribution in [0.15, 0.2) is 35.7 Å². The first kappa shape index (κ1) is 16.8. The van der Waals surface area contributed by atoms with Gasteiger partial charge in [0, 0.05) is 10.9 Å². The van der Waals surface area contributed by atoms with Crippen LogP contribution in [0.5, 0.6) is 0 Å². The van der Waals surface area contributed by atoms with E-state index in [1.807, 2.05) is 23.5 Å². The lowest BCUT2D eigenvalue weighted by Gasteiger charge is -2.20. The zero-order chi connectivity index (χ0) is 15.1. The molecule has 1 unspecified atom stereocenters. The Hall–Kier alpha value is -0.540. The standard InChI is InChI=1S/C17H21Cl2NS/c1-2-11-20-16(10-3-6-13-7-5-12-21-13)14-8-4-9-15(18)17(14)19/h4-5,7-9,12,16,20H,2-3,6,10-11H2,1H3. The molecule has 0 saturated carbocycles. The fourth-order valence-electron chi connectivity index (χ4n) is 2.41. The highest BCUT2D eigenvalue weighted by Crippen LogP contribution is 2.32. The van der Waals surface area contributed by atoms with Gasteiger partial charge in [0.25, 0.3) is 0 Å². The summed E-state index contributed by atoms with van der Waals surface area (Å²) in [7, 11) is 0. The van der Waals surface area contributed by atoms with Crippen LogP contribution in [0.1, 0.15) is 42.7 Å². The van der Waals surface area contributed by atoms with Crippen molar-refractivity contribution in [1.29, 1.82) is 0 Å². The van der Waals surface area contributed by atoms with E-state index in [2.05, 4.69) is 35.8 Å². The normalized spacial score (nSPS) is 12.5. The van der Waals surface area contributed by atoms with E-state index < -0.39 is 0 Å². The first-order valence-corrected chi connectivity index (χ1v) is 9.05. The van der Waals surface area contributed by atoms with E-state index in [1.165, 1.54) is 4.88 Å². The Morgan fingerprint density at radius 2 is 2.05 bits per heavy atom. The molecule has 1 nitrogen and oxygen atoms in total. The lowest BCUT2D eigenvalue weighted by molar-refractivity contribution is 0.485. The quantitative estimate of drug-likeness (QED) is 0.609. The van der Waals surface area contributed by atoms with Gasteiger partial charge in [-0.1, -0.05) is 48.3 Å². The van der Waals surface area contributed by atoms with Gasteiger partial charge >= 0.3 is 0 Å². The van der Waals surface area contributed by atoms with Crippen LogP contribution in [-0.2, 0) is 6.42 Å². The number of aryl methyl sites for hydroxylation is 1. The largest absolute Gasteiger partial charge is 0.310 e. The number of benzene rings is 1. The predicted molar refractivity (Wildman–Crippen MR) is 94.8 cm³/mol. The summed E-state index contributed by atoms with van der Waals surface area (Å²) < 4.78 is 0. The van der Waals surface area contributed by atoms with E-state index >= 15 is 0 Å². The van der Waals surface area contributed by atoms with Crippen LogP contribution < -0.4 is 5.32 Å². The Morgan fingerprint density at radius 1 is 1.19 bits per heavy atom. The molecule has 2 rings (SSSR count). The highest BCUT2D eigenvalue weighted by Gasteiger charge is 2.15. The highest BCUT2D eigenvalue weighted by molar-refractivity contribution is 7.09. The molecule has 0 fully saturated rings. The van der Waals surface area contributed by atoms with Crippen LogP contribution in [-0.4, -0.2) is 6.54 Å². The molecule has 0 aliphatic rings. The number of thiophene rings is 1. The van der Waals surface area contributed by atoms with E-state index in [1.54, 1.807) is 0 Å². The molecular formula is C17H21Cl2NS. The maximum absolute atomic E-state index is 6.38. The molecule has 0 radical (unpaired) electrons. The molecular weight excluding hydrogens is 321 g/mol. The lowest BCUT2D eigenvalue weighted by atomic mass is 10.0. The molecule has 0 amide bonds. The topological polar surface area (TPSA) is 12.0 Å². The Bertz CT molecular complexity index is 540. The van der Waals surface area contributed by atoms with Crippen molar-refractivity contribution in [3.63, 3.8) is 0 Å². The van der Waals surface area contributed by atoms with Crippen LogP contribution in [0, 0.1) is 0 Å². The molecule has 0 saturated heterocycles. The monoisotopic (exact) mass is 341 g/mol. The van der Waals surface area contributed by atoms with Crippen molar-refractivity contribution in [2.75, 3.05) is 6.54 Å². The van der Waals surface area contributed by atoms with Crippen molar-refractivity contribution in [3.8, 4) is 0 Å². The van der Waals surface area contributed by atoms with Gasteiger partial charge in [0.15, 0.2) is 0 Å². The minimum absolute atomic E-state index is 0.274. The lowest BCUT2D eigenvalue weighted by Crippen LogP contribution is -2.22. The zero-order valence-corrected chi connectivity index (χ0v) is 14.6. The summed E-state index contributed by atoms with van der Waals surface area (Å²) in [5, 5.41) is 7.05. The maximum Gasteiger partial charge on any atom is 0.0640 e. The fourth-order valence-corrected chi connectivity index (χ4v) is 3.60. The molecule has 1 atom stereocenters. The van der Waals surface area contributed by atoms with Crippen molar-refractivity contribution in [2.24, 2.45) is 0 Å². The molecule has 0 bridgehead atoms. The number of nitrogens with one attached hydrogen (secondary N) is 1. The van der Waals surface area contributed by atoms with Gasteiger partial charge in [0.1, 0.15) is 0 Å². The van der Waals surface area contributed by atoms with E-state index in [0.717, 1.165) is 37.8 Å². The molecule has 2 aromatic rings. The molecule has 0 aliphatic heterocycles. The van der Waals surface area contributed by atoms with Crippen molar-refractivity contribution >= 4 is 34.5 Å². The molecule has 21 heavy (non-hydrogen) atoms. The van der Waals surface area contributed by atoms with Crippen molar-refractivity contribution in [3.05, 3.63) is 56.2 Å². The summed E-state index contributed by atoms with van der Waals surface area (Å²) in [5.41, 5.74) is 1.11. The molecule has 114 valence electrons. The van der Waals surface area contributed by atoms with Gasteiger partial charge in [-0.15, -0.1) is 11.3 Å². The summed E-state index contributed by atoms with van der Waals surface area (Å²) in [6, 6.07) is 10.5. The Labute approximate surface area is 141 Å². The molecule has 1 N–H and O–H groups in total. The first-order valence-electron chi connectivity index (χ1n) is 7.42. The first-order chi connectivity index (χ1) is 10.2. The number of halogens is 2. The van der Waals surface area contributed by atoms with E-state index in [-0.39, 0.29) is 6.04 Å². The second-order valence-electron chi connectivity index (χ2n) is 5.12. The Morgan fingerprint density at radius 3 is 2.76 bits per heavy atom. The van der Waals surface area contributed by atoms with Crippen LogP contribution in [0.3, 0.4) is 0 Å². The molecule has 1 aromatic carbocycles. The van der Waals surface area contributed by atoms with Crippen LogP contribution >= 0.6 is 34.5 Å². The number of hydrogen-bond acceptors (Lipinski definition) is 2. The summed E-state index contributed by atoms with van der Waals surface area (Å²) in [6.45, 7) is 3.17. The molecule has 0 aliphatic carbocycles. The summed E-state index contributed by atoms with van der Waals surface area (Å²) in [5.74, 6) is 0. The molecule has 0 spiro atoms. The van der Waals surface area contributed by atoms with Crippen LogP contribution in [0.25, 0.3) is 0 Å².